The van der Waals surface area contributed by atoms with Gasteiger partial charge >= 0.3 is 0 Å². The van der Waals surface area contributed by atoms with E-state index in [-0.39, 0.29) is 0 Å². The first-order valence-corrected chi connectivity index (χ1v) is 19.2. The van der Waals surface area contributed by atoms with Gasteiger partial charge in [-0.2, -0.15) is 0 Å². The van der Waals surface area contributed by atoms with Crippen LogP contribution in [0.25, 0.3) is 87.6 Å². The van der Waals surface area contributed by atoms with E-state index in [4.69, 9.17) is 4.42 Å². The summed E-state index contributed by atoms with van der Waals surface area (Å²) in [6.07, 6.45) is 0. The Morgan fingerprint density at radius 1 is 0.304 bits per heavy atom. The van der Waals surface area contributed by atoms with Gasteiger partial charge in [-0.25, -0.2) is 0 Å². The molecule has 0 N–H and O–H groups in total. The van der Waals surface area contributed by atoms with Gasteiger partial charge in [0.05, 0.1) is 11.4 Å². The van der Waals surface area contributed by atoms with E-state index in [2.05, 4.69) is 217 Å². The lowest BCUT2D eigenvalue weighted by molar-refractivity contribution is 0.669. The van der Waals surface area contributed by atoms with Crippen molar-refractivity contribution in [1.82, 2.24) is 0 Å². The molecule has 0 aliphatic carbocycles. The minimum Gasteiger partial charge on any atom is -0.456 e. The number of fused-ring (bicyclic) bond motifs is 6. The number of hydrogen-bond donors (Lipinski definition) is 0. The van der Waals surface area contributed by atoms with Crippen LogP contribution in [0.2, 0.25) is 0 Å². The topological polar surface area (TPSA) is 16.4 Å². The van der Waals surface area contributed by atoms with Crippen LogP contribution in [0.3, 0.4) is 0 Å². The second-order valence-electron chi connectivity index (χ2n) is 14.5. The van der Waals surface area contributed by atoms with Crippen molar-refractivity contribution >= 4 is 71.3 Å². The Hall–Kier alpha value is -7.42. The van der Waals surface area contributed by atoms with Crippen molar-refractivity contribution in [2.75, 3.05) is 4.90 Å². The highest BCUT2D eigenvalue weighted by atomic mass is 16.3. The third kappa shape index (κ3) is 5.34. The van der Waals surface area contributed by atoms with Gasteiger partial charge < -0.3 is 9.32 Å². The van der Waals surface area contributed by atoms with Crippen molar-refractivity contribution in [3.8, 4) is 33.4 Å². The van der Waals surface area contributed by atoms with Crippen LogP contribution in [0.4, 0.5) is 17.1 Å². The zero-order chi connectivity index (χ0) is 37.0. The molecule has 2 nitrogen and oxygen atoms in total. The fourth-order valence-electron chi connectivity index (χ4n) is 8.59. The van der Waals surface area contributed by atoms with Gasteiger partial charge in [0.15, 0.2) is 0 Å². The van der Waals surface area contributed by atoms with Crippen LogP contribution in [0.15, 0.2) is 217 Å². The van der Waals surface area contributed by atoms with E-state index in [0.29, 0.717) is 0 Å². The van der Waals surface area contributed by atoms with Crippen molar-refractivity contribution in [3.63, 3.8) is 0 Å². The average Bonchev–Trinajstić information content (AvgIpc) is 3.63. The molecule has 0 fully saturated rings. The summed E-state index contributed by atoms with van der Waals surface area (Å²) in [5.74, 6) is 0. The number of hydrogen-bond acceptors (Lipinski definition) is 2. The molecule has 56 heavy (non-hydrogen) atoms. The van der Waals surface area contributed by atoms with Crippen LogP contribution in [0.5, 0.6) is 0 Å². The normalized spacial score (nSPS) is 11.6. The van der Waals surface area contributed by atoms with E-state index < -0.39 is 0 Å². The van der Waals surface area contributed by atoms with Crippen molar-refractivity contribution in [2.45, 2.75) is 0 Å². The minimum atomic E-state index is 0.884. The van der Waals surface area contributed by atoms with Crippen LogP contribution in [0, 0.1) is 0 Å². The monoisotopic (exact) mass is 713 g/mol. The second kappa shape index (κ2) is 13.2. The lowest BCUT2D eigenvalue weighted by Gasteiger charge is -2.29. The lowest BCUT2D eigenvalue weighted by Crippen LogP contribution is -2.11. The molecule has 0 saturated carbocycles. The van der Waals surface area contributed by atoms with Crippen molar-refractivity contribution in [3.05, 3.63) is 212 Å². The van der Waals surface area contributed by atoms with Gasteiger partial charge in [0.2, 0.25) is 0 Å². The quantitative estimate of drug-likeness (QED) is 0.171. The molecule has 11 rings (SSSR count). The molecule has 0 saturated heterocycles. The Morgan fingerprint density at radius 2 is 0.875 bits per heavy atom. The highest BCUT2D eigenvalue weighted by Crippen LogP contribution is 2.47. The summed E-state index contributed by atoms with van der Waals surface area (Å²) in [5, 5.41) is 9.52. The summed E-state index contributed by atoms with van der Waals surface area (Å²) in [5.41, 5.74) is 12.2. The summed E-state index contributed by atoms with van der Waals surface area (Å²) in [7, 11) is 0. The molecule has 10 aromatic carbocycles. The maximum absolute atomic E-state index is 6.55. The molecule has 0 atom stereocenters. The van der Waals surface area contributed by atoms with Crippen LogP contribution in [-0.4, -0.2) is 0 Å². The van der Waals surface area contributed by atoms with Crippen LogP contribution in [0.1, 0.15) is 0 Å². The van der Waals surface area contributed by atoms with Crippen molar-refractivity contribution in [2.24, 2.45) is 0 Å². The van der Waals surface area contributed by atoms with Gasteiger partial charge in [-0.3, -0.25) is 0 Å². The Labute approximate surface area is 325 Å². The van der Waals surface area contributed by atoms with E-state index in [1.807, 2.05) is 0 Å². The first-order valence-electron chi connectivity index (χ1n) is 19.2. The number of benzene rings is 10. The zero-order valence-electron chi connectivity index (χ0n) is 30.6. The zero-order valence-corrected chi connectivity index (χ0v) is 30.6. The molecule has 0 aliphatic heterocycles. The van der Waals surface area contributed by atoms with E-state index >= 15 is 0 Å². The van der Waals surface area contributed by atoms with Crippen LogP contribution < -0.4 is 4.90 Å². The summed E-state index contributed by atoms with van der Waals surface area (Å²) < 4.78 is 6.55. The summed E-state index contributed by atoms with van der Waals surface area (Å²) in [4.78, 5) is 2.42. The highest BCUT2D eigenvalue weighted by Gasteiger charge is 2.22. The third-order valence-corrected chi connectivity index (χ3v) is 11.2. The van der Waals surface area contributed by atoms with Gasteiger partial charge in [-0.1, -0.05) is 164 Å². The molecular weight excluding hydrogens is 679 g/mol. The molecule has 2 heteroatoms. The lowest BCUT2D eigenvalue weighted by atomic mass is 9.94. The Kier molecular flexibility index (Phi) is 7.53. The summed E-state index contributed by atoms with van der Waals surface area (Å²) >= 11 is 0. The molecular formula is C54H35NO. The van der Waals surface area contributed by atoms with Crippen molar-refractivity contribution < 1.29 is 4.42 Å². The number of nitrogens with zero attached hydrogens (tertiary/aromatic N) is 1. The number of furan rings is 1. The predicted molar refractivity (Wildman–Crippen MR) is 237 cm³/mol. The predicted octanol–water partition coefficient (Wildman–Crippen LogP) is 15.5. The first kappa shape index (κ1) is 32.0. The third-order valence-electron chi connectivity index (χ3n) is 11.2. The molecule has 1 aromatic heterocycles. The molecule has 0 spiro atoms. The molecule has 262 valence electrons. The maximum Gasteiger partial charge on any atom is 0.136 e. The van der Waals surface area contributed by atoms with Gasteiger partial charge in [0.1, 0.15) is 11.2 Å². The minimum absolute atomic E-state index is 0.884. The second-order valence-corrected chi connectivity index (χ2v) is 14.5. The SMILES string of the molecule is c1cc(-c2ccc(N(c3ccccc3-c3cccc4oc5cc6ccccc6cc5c34)c3cccc4ccccc34)cc2)cc(-c2cccc3ccccc23)c1. The van der Waals surface area contributed by atoms with Gasteiger partial charge in [-0.15, -0.1) is 0 Å². The van der Waals surface area contributed by atoms with E-state index in [9.17, 15) is 0 Å². The fourth-order valence-corrected chi connectivity index (χ4v) is 8.59. The van der Waals surface area contributed by atoms with E-state index in [0.717, 1.165) is 50.1 Å². The standard InChI is InChI=1S/C54H35NO/c1-2-16-41-35-53-49(34-40(41)15-1)54-48(25-12-28-52(54)56-53)47-23-7-8-26-51(47)55(50-27-11-18-38-14-4-6-22-46(38)50)43-31-29-36(30-32-43)39-19-9-20-42(33-39)45-24-10-17-37-13-3-5-21-44(37)45/h1-35H. The number of rotatable bonds is 6. The Bertz CT molecular complexity index is 3250. The Balaban J connectivity index is 1.08. The molecule has 0 amide bonds. The molecule has 1 heterocycles. The Morgan fingerprint density at radius 3 is 1.71 bits per heavy atom. The van der Waals surface area contributed by atoms with Gasteiger partial charge in [0.25, 0.3) is 0 Å². The van der Waals surface area contributed by atoms with Crippen molar-refractivity contribution in [1.29, 1.82) is 0 Å². The molecule has 0 radical (unpaired) electrons. The smallest absolute Gasteiger partial charge is 0.136 e. The number of anilines is 3. The number of para-hydroxylation sites is 1. The van der Waals surface area contributed by atoms with Gasteiger partial charge in [-0.05, 0) is 103 Å². The summed E-state index contributed by atoms with van der Waals surface area (Å²) in [6, 6.07) is 76.5. The average molecular weight is 714 g/mol. The van der Waals surface area contributed by atoms with Crippen LogP contribution >= 0.6 is 0 Å². The van der Waals surface area contributed by atoms with Gasteiger partial charge in [0, 0.05) is 27.4 Å². The largest absolute Gasteiger partial charge is 0.456 e. The van der Waals surface area contributed by atoms with Crippen LogP contribution in [-0.2, 0) is 0 Å². The fraction of sp³-hybridized carbons (Fsp3) is 0. The van der Waals surface area contributed by atoms with E-state index in [1.54, 1.807) is 0 Å². The highest BCUT2D eigenvalue weighted by molar-refractivity contribution is 6.17. The maximum atomic E-state index is 6.55. The first-order chi connectivity index (χ1) is 27.8. The summed E-state index contributed by atoms with van der Waals surface area (Å²) in [6.45, 7) is 0. The molecule has 0 unspecified atom stereocenters. The molecule has 0 bridgehead atoms. The molecule has 11 aromatic rings. The van der Waals surface area contributed by atoms with E-state index in [1.165, 1.54) is 54.6 Å². The molecule has 0 aliphatic rings.